The first kappa shape index (κ1) is 16.7. The molecule has 0 aliphatic carbocycles. The van der Waals surface area contributed by atoms with Crippen LogP contribution in [0.5, 0.6) is 0 Å². The number of hydrogen-bond donors (Lipinski definition) is 1. The number of rotatable bonds is 5. The van der Waals surface area contributed by atoms with Crippen molar-refractivity contribution < 1.29 is 0 Å². The van der Waals surface area contributed by atoms with Crippen LogP contribution in [0.2, 0.25) is 0 Å². The Labute approximate surface area is 141 Å². The van der Waals surface area contributed by atoms with Crippen molar-refractivity contribution in [3.8, 4) is 0 Å². The van der Waals surface area contributed by atoms with E-state index in [9.17, 15) is 0 Å². The fraction of sp³-hybridized carbons (Fsp3) is 0.533. The summed E-state index contributed by atoms with van der Waals surface area (Å²) < 4.78 is 1.06. The Morgan fingerprint density at radius 1 is 1.29 bits per heavy atom. The minimum atomic E-state index is 0.441. The van der Waals surface area contributed by atoms with Gasteiger partial charge in [0.25, 0.3) is 0 Å². The molecule has 1 aliphatic rings. The molecule has 21 heavy (non-hydrogen) atoms. The van der Waals surface area contributed by atoms with Crippen LogP contribution in [0, 0.1) is 0 Å². The number of hydrogen-bond acceptors (Lipinski definition) is 4. The van der Waals surface area contributed by atoms with Gasteiger partial charge in [-0.1, -0.05) is 12.2 Å². The van der Waals surface area contributed by atoms with E-state index in [0.29, 0.717) is 4.99 Å². The molecule has 1 aromatic rings. The Balaban J connectivity index is 1.94. The quantitative estimate of drug-likeness (QED) is 0.799. The number of halogens is 1. The number of anilines is 1. The normalized spacial score (nSPS) is 16.5. The van der Waals surface area contributed by atoms with Gasteiger partial charge in [-0.05, 0) is 48.2 Å². The van der Waals surface area contributed by atoms with E-state index in [2.05, 4.69) is 50.8 Å². The smallest absolute Gasteiger partial charge is 0.104 e. The third kappa shape index (κ3) is 4.64. The van der Waals surface area contributed by atoms with E-state index in [-0.39, 0.29) is 0 Å². The van der Waals surface area contributed by atoms with Crippen LogP contribution in [0.4, 0.5) is 5.69 Å². The number of likely N-dealkylation sites (N-methyl/N-ethyl adjacent to an activating group) is 1. The maximum Gasteiger partial charge on any atom is 0.104 e. The van der Waals surface area contributed by atoms with Crippen molar-refractivity contribution in [3.63, 3.8) is 0 Å². The molecule has 0 unspecified atom stereocenters. The Morgan fingerprint density at radius 2 is 1.95 bits per heavy atom. The lowest BCUT2D eigenvalue weighted by Crippen LogP contribution is -2.48. The van der Waals surface area contributed by atoms with Gasteiger partial charge in [0, 0.05) is 49.3 Å². The zero-order chi connectivity index (χ0) is 15.4. The second-order valence-electron chi connectivity index (χ2n) is 5.66. The van der Waals surface area contributed by atoms with Crippen molar-refractivity contribution in [2.45, 2.75) is 0 Å². The number of benzene rings is 1. The molecule has 1 aliphatic heterocycles. The Morgan fingerprint density at radius 3 is 2.48 bits per heavy atom. The van der Waals surface area contributed by atoms with Gasteiger partial charge in [0.05, 0.1) is 5.69 Å². The molecule has 116 valence electrons. The fourth-order valence-electron chi connectivity index (χ4n) is 2.47. The van der Waals surface area contributed by atoms with Gasteiger partial charge in [0.2, 0.25) is 0 Å². The van der Waals surface area contributed by atoms with E-state index in [1.165, 1.54) is 5.69 Å². The van der Waals surface area contributed by atoms with Crippen LogP contribution in [0.25, 0.3) is 0 Å². The first-order chi connectivity index (χ1) is 9.97. The predicted molar refractivity (Wildman–Crippen MR) is 97.2 cm³/mol. The minimum absolute atomic E-state index is 0.441. The molecule has 0 spiro atoms. The second-order valence-corrected chi connectivity index (χ2v) is 6.96. The van der Waals surface area contributed by atoms with E-state index in [4.69, 9.17) is 18.0 Å². The highest BCUT2D eigenvalue weighted by atomic mass is 79.9. The molecule has 1 fully saturated rings. The van der Waals surface area contributed by atoms with Gasteiger partial charge >= 0.3 is 0 Å². The zero-order valence-corrected chi connectivity index (χ0v) is 15.1. The van der Waals surface area contributed by atoms with Gasteiger partial charge in [-0.3, -0.25) is 4.90 Å². The zero-order valence-electron chi connectivity index (χ0n) is 12.7. The first-order valence-electron chi connectivity index (χ1n) is 7.19. The monoisotopic (exact) mass is 370 g/mol. The lowest BCUT2D eigenvalue weighted by Gasteiger charge is -2.37. The highest BCUT2D eigenvalue weighted by Crippen LogP contribution is 2.28. The Hall–Kier alpha value is -0.690. The second kappa shape index (κ2) is 7.54. The maximum absolute atomic E-state index is 5.67. The highest BCUT2D eigenvalue weighted by molar-refractivity contribution is 9.10. The summed E-state index contributed by atoms with van der Waals surface area (Å²) in [6.07, 6.45) is 0. The van der Waals surface area contributed by atoms with E-state index in [1.807, 2.05) is 12.1 Å². The van der Waals surface area contributed by atoms with Crippen LogP contribution < -0.4 is 10.6 Å². The number of nitrogens with zero attached hydrogens (tertiary/aromatic N) is 3. The standard InChI is InChI=1S/C15H23BrN4S/c1-18(2)5-6-19-7-9-20(10-8-19)14-4-3-12(15(17)21)11-13(14)16/h3-4,11H,5-10H2,1-2H3,(H2,17,21). The van der Waals surface area contributed by atoms with Gasteiger partial charge in [0.1, 0.15) is 4.99 Å². The topological polar surface area (TPSA) is 35.7 Å². The number of piperazine rings is 1. The molecule has 1 saturated heterocycles. The summed E-state index contributed by atoms with van der Waals surface area (Å²) in [6, 6.07) is 6.12. The molecule has 4 nitrogen and oxygen atoms in total. The molecule has 1 heterocycles. The molecule has 2 N–H and O–H groups in total. The summed E-state index contributed by atoms with van der Waals surface area (Å²) >= 11 is 8.66. The average Bonchev–Trinajstić information content (AvgIpc) is 2.45. The van der Waals surface area contributed by atoms with Gasteiger partial charge in [-0.2, -0.15) is 0 Å². The van der Waals surface area contributed by atoms with Crippen molar-refractivity contribution in [1.29, 1.82) is 0 Å². The third-order valence-electron chi connectivity index (χ3n) is 3.81. The van der Waals surface area contributed by atoms with Crippen LogP contribution in [0.15, 0.2) is 22.7 Å². The molecule has 1 aromatic carbocycles. The molecule has 0 bridgehead atoms. The van der Waals surface area contributed by atoms with Gasteiger partial charge < -0.3 is 15.5 Å². The summed E-state index contributed by atoms with van der Waals surface area (Å²) in [7, 11) is 4.24. The summed E-state index contributed by atoms with van der Waals surface area (Å²) in [4.78, 5) is 7.61. The van der Waals surface area contributed by atoms with Gasteiger partial charge in [-0.15, -0.1) is 0 Å². The van der Waals surface area contributed by atoms with Crippen LogP contribution in [0.1, 0.15) is 5.56 Å². The number of nitrogens with two attached hydrogens (primary N) is 1. The van der Waals surface area contributed by atoms with E-state index in [1.54, 1.807) is 0 Å². The average molecular weight is 371 g/mol. The summed E-state index contributed by atoms with van der Waals surface area (Å²) in [5, 5.41) is 0. The molecule has 0 atom stereocenters. The van der Waals surface area contributed by atoms with Crippen molar-refractivity contribution in [2.75, 3.05) is 58.3 Å². The highest BCUT2D eigenvalue weighted by Gasteiger charge is 2.18. The predicted octanol–water partition coefficient (Wildman–Crippen LogP) is 1.77. The lowest BCUT2D eigenvalue weighted by molar-refractivity contribution is 0.229. The van der Waals surface area contributed by atoms with Crippen molar-refractivity contribution in [2.24, 2.45) is 5.73 Å². The fourth-order valence-corrected chi connectivity index (χ4v) is 3.23. The lowest BCUT2D eigenvalue weighted by atomic mass is 10.2. The van der Waals surface area contributed by atoms with E-state index in [0.717, 1.165) is 49.3 Å². The molecule has 0 amide bonds. The van der Waals surface area contributed by atoms with Crippen LogP contribution in [-0.2, 0) is 0 Å². The molecule has 6 heteroatoms. The first-order valence-corrected chi connectivity index (χ1v) is 8.39. The summed E-state index contributed by atoms with van der Waals surface area (Å²) in [5.74, 6) is 0. The third-order valence-corrected chi connectivity index (χ3v) is 4.68. The number of thiocarbonyl (C=S) groups is 1. The van der Waals surface area contributed by atoms with Crippen molar-refractivity contribution in [3.05, 3.63) is 28.2 Å². The minimum Gasteiger partial charge on any atom is -0.389 e. The van der Waals surface area contributed by atoms with Crippen LogP contribution in [-0.4, -0.2) is 68.2 Å². The molecule has 0 aromatic heterocycles. The maximum atomic E-state index is 5.67. The SMILES string of the molecule is CN(C)CCN1CCN(c2ccc(C(N)=S)cc2Br)CC1. The van der Waals surface area contributed by atoms with E-state index < -0.39 is 0 Å². The van der Waals surface area contributed by atoms with E-state index >= 15 is 0 Å². The summed E-state index contributed by atoms with van der Waals surface area (Å²) in [5.41, 5.74) is 7.81. The van der Waals surface area contributed by atoms with Gasteiger partial charge in [0.15, 0.2) is 0 Å². The van der Waals surface area contributed by atoms with Crippen LogP contribution >= 0.6 is 28.1 Å². The molecular weight excluding hydrogens is 348 g/mol. The molecular formula is C15H23BrN4S. The Bertz CT molecular complexity index is 498. The summed E-state index contributed by atoms with van der Waals surface area (Å²) in [6.45, 7) is 6.58. The Kier molecular flexibility index (Phi) is 5.98. The van der Waals surface area contributed by atoms with Gasteiger partial charge in [-0.25, -0.2) is 0 Å². The van der Waals surface area contributed by atoms with Crippen molar-refractivity contribution in [1.82, 2.24) is 9.80 Å². The molecule has 2 rings (SSSR count). The van der Waals surface area contributed by atoms with Crippen LogP contribution in [0.3, 0.4) is 0 Å². The largest absolute Gasteiger partial charge is 0.389 e. The molecule has 0 radical (unpaired) electrons. The van der Waals surface area contributed by atoms with Crippen molar-refractivity contribution >= 4 is 38.8 Å². The molecule has 0 saturated carbocycles.